The van der Waals surface area contributed by atoms with Crippen LogP contribution in [-0.4, -0.2) is 28.5 Å². The van der Waals surface area contributed by atoms with Crippen LogP contribution in [0.2, 0.25) is 0 Å². The summed E-state index contributed by atoms with van der Waals surface area (Å²) in [6.45, 7) is 0. The van der Waals surface area contributed by atoms with Gasteiger partial charge in [0.15, 0.2) is 11.6 Å². The molecule has 1 N–H and O–H groups in total. The van der Waals surface area contributed by atoms with Gasteiger partial charge in [0.05, 0.1) is 22.9 Å². The summed E-state index contributed by atoms with van der Waals surface area (Å²) in [4.78, 5) is 59.5. The molecular weight excluding hydrogens is 701 g/mol. The van der Waals surface area contributed by atoms with Crippen LogP contribution in [0.25, 0.3) is 5.57 Å². The van der Waals surface area contributed by atoms with Crippen molar-refractivity contribution in [2.75, 3.05) is 4.90 Å². The maximum atomic E-state index is 15.0. The molecule has 1 saturated heterocycles. The monoisotopic (exact) mass is 731 g/mol. The summed E-state index contributed by atoms with van der Waals surface area (Å²) in [6.07, 6.45) is 4.19. The molecule has 0 spiro atoms. The minimum absolute atomic E-state index is 0.0890. The van der Waals surface area contributed by atoms with Gasteiger partial charge in [0.2, 0.25) is 11.8 Å². The van der Waals surface area contributed by atoms with Crippen LogP contribution in [0, 0.1) is 27.2 Å². The van der Waals surface area contributed by atoms with E-state index in [4.69, 9.17) is 0 Å². The molecule has 232 valence electrons. The van der Waals surface area contributed by atoms with E-state index < -0.39 is 35.0 Å². The Bertz CT molecular complexity index is 2000. The number of hydrogen-bond acceptors (Lipinski definition) is 5. The van der Waals surface area contributed by atoms with Gasteiger partial charge in [0, 0.05) is 21.0 Å². The smallest absolute Gasteiger partial charge is 0.238 e. The van der Waals surface area contributed by atoms with Gasteiger partial charge in [-0.25, -0.2) is 0 Å². The van der Waals surface area contributed by atoms with Crippen molar-refractivity contribution in [2.45, 2.75) is 24.2 Å². The van der Waals surface area contributed by atoms with Crippen molar-refractivity contribution in [3.63, 3.8) is 0 Å². The Balaban J connectivity index is 1.35. The second kappa shape index (κ2) is 11.3. The molecule has 0 aromatic heterocycles. The number of carbonyl (C=O) groups excluding carboxylic acids is 4. The highest BCUT2D eigenvalue weighted by Crippen LogP contribution is 2.63. The maximum absolute atomic E-state index is 15.0. The number of benzene rings is 4. The molecule has 4 aliphatic rings. The number of nitrogens with zero attached hydrogens (tertiary/aromatic N) is 1. The van der Waals surface area contributed by atoms with Gasteiger partial charge >= 0.3 is 0 Å². The van der Waals surface area contributed by atoms with Crippen molar-refractivity contribution in [1.82, 2.24) is 0 Å². The maximum Gasteiger partial charge on any atom is 0.238 e. The molecule has 0 unspecified atom stereocenters. The van der Waals surface area contributed by atoms with Gasteiger partial charge in [-0.1, -0.05) is 84.4 Å². The number of amides is 2. The minimum Gasteiger partial charge on any atom is -0.508 e. The lowest BCUT2D eigenvalue weighted by Crippen LogP contribution is -2.58. The first-order chi connectivity index (χ1) is 22.8. The van der Waals surface area contributed by atoms with Crippen LogP contribution in [0.5, 0.6) is 5.75 Å². The summed E-state index contributed by atoms with van der Waals surface area (Å²) in [5.41, 5.74) is 2.71. The number of Topliss-reactive ketones (excluding diaryl/α,β-unsaturated/α-hetero) is 1. The Hall–Kier alpha value is -4.63. The molecule has 1 aliphatic heterocycles. The summed E-state index contributed by atoms with van der Waals surface area (Å²) >= 11 is 2.19. The van der Waals surface area contributed by atoms with E-state index in [1.54, 1.807) is 24.3 Å². The number of ketones is 2. The molecule has 0 bridgehead atoms. The molecule has 1 heterocycles. The Kier molecular flexibility index (Phi) is 7.13. The van der Waals surface area contributed by atoms with Crippen LogP contribution < -0.4 is 4.90 Å². The quantitative estimate of drug-likeness (QED) is 0.138. The zero-order valence-electron chi connectivity index (χ0n) is 25.3. The molecule has 47 heavy (non-hydrogen) atoms. The first-order valence-corrected chi connectivity index (χ1v) is 16.9. The van der Waals surface area contributed by atoms with Crippen molar-refractivity contribution in [1.29, 1.82) is 0 Å². The third-order valence-electron chi connectivity index (χ3n) is 10.7. The van der Waals surface area contributed by atoms with Crippen LogP contribution in [0.4, 0.5) is 5.69 Å². The van der Waals surface area contributed by atoms with E-state index in [2.05, 4.69) is 28.7 Å². The topological polar surface area (TPSA) is 91.8 Å². The summed E-state index contributed by atoms with van der Waals surface area (Å²) in [5, 5.41) is 10.3. The second-order valence-corrected chi connectivity index (χ2v) is 14.1. The van der Waals surface area contributed by atoms with Gasteiger partial charge < -0.3 is 5.11 Å². The lowest BCUT2D eigenvalue weighted by Gasteiger charge is -2.55. The largest absolute Gasteiger partial charge is 0.508 e. The number of phenols is 1. The van der Waals surface area contributed by atoms with Crippen LogP contribution in [0.1, 0.15) is 35.4 Å². The SMILES string of the molecule is O=C1C(c2ccccc2)=CC(=O)[C@@]2(c3ccccc3)[C@@H](c3ccc(O)cc3)C3=CC[C@@H]4C(=O)N(c5ccc(I)cc5)C(=O)[C@@H]4[C@@H]3C[C@@H]12. The second-order valence-electron chi connectivity index (χ2n) is 12.9. The fraction of sp³-hybridized carbons (Fsp3) is 0.200. The van der Waals surface area contributed by atoms with E-state index in [0.717, 1.165) is 20.3 Å². The number of anilines is 1. The van der Waals surface area contributed by atoms with Crippen molar-refractivity contribution in [3.05, 3.63) is 147 Å². The third kappa shape index (κ3) is 4.43. The zero-order valence-corrected chi connectivity index (χ0v) is 27.4. The average Bonchev–Trinajstić information content (AvgIpc) is 3.36. The third-order valence-corrected chi connectivity index (χ3v) is 11.4. The molecular formula is C40H30INO5. The molecule has 6 nitrogen and oxygen atoms in total. The normalized spacial score (nSPS) is 28.3. The summed E-state index contributed by atoms with van der Waals surface area (Å²) < 4.78 is 0.996. The van der Waals surface area contributed by atoms with Gasteiger partial charge in [-0.05, 0) is 101 Å². The van der Waals surface area contributed by atoms with Crippen LogP contribution in [0.3, 0.4) is 0 Å². The number of carbonyl (C=O) groups is 4. The number of phenolic OH excluding ortho intramolecular Hbond substituents is 1. The Labute approximate surface area is 286 Å². The van der Waals surface area contributed by atoms with Crippen molar-refractivity contribution >= 4 is 57.2 Å². The number of fused-ring (bicyclic) bond motifs is 4. The standard InChI is InChI=1S/C40H30INO5/c41-26-13-15-27(16-14-26)42-38(46)30-20-19-29-32(35(30)39(42)47)21-33-37(45)31(23-7-3-1-4-8-23)22-34(44)40(33,25-9-5-2-6-10-25)36(29)24-11-17-28(43)18-12-24/h1-19,22,30,32-33,35-36,43H,20-21H2/t30-,32+,33-,35-,36-,40-/m0/s1. The lowest BCUT2D eigenvalue weighted by atomic mass is 9.44. The van der Waals surface area contributed by atoms with Gasteiger partial charge in [-0.3, -0.25) is 24.1 Å². The number of aromatic hydroxyl groups is 1. The predicted octanol–water partition coefficient (Wildman–Crippen LogP) is 7.03. The van der Waals surface area contributed by atoms with Crippen LogP contribution in [-0.2, 0) is 24.6 Å². The fourth-order valence-corrected chi connectivity index (χ4v) is 9.12. The van der Waals surface area contributed by atoms with Crippen molar-refractivity contribution < 1.29 is 24.3 Å². The Morgan fingerprint density at radius 2 is 1.40 bits per heavy atom. The van der Waals surface area contributed by atoms with Crippen LogP contribution in [0.15, 0.2) is 127 Å². The highest BCUT2D eigenvalue weighted by Gasteiger charge is 2.66. The number of imide groups is 1. The molecule has 4 aromatic rings. The minimum atomic E-state index is -1.29. The summed E-state index contributed by atoms with van der Waals surface area (Å²) in [6, 6.07) is 32.9. The van der Waals surface area contributed by atoms with E-state index in [1.807, 2.05) is 84.9 Å². The first-order valence-electron chi connectivity index (χ1n) is 15.8. The number of halogens is 1. The number of allylic oxidation sites excluding steroid dienone is 4. The zero-order chi connectivity index (χ0) is 32.4. The molecule has 8 rings (SSSR count). The fourth-order valence-electron chi connectivity index (χ4n) is 8.76. The van der Waals surface area contributed by atoms with E-state index in [-0.39, 0.29) is 35.6 Å². The van der Waals surface area contributed by atoms with Crippen LogP contribution >= 0.6 is 22.6 Å². The predicted molar refractivity (Wildman–Crippen MR) is 186 cm³/mol. The van der Waals surface area contributed by atoms with Gasteiger partial charge in [-0.15, -0.1) is 0 Å². The molecule has 2 amide bonds. The molecule has 7 heteroatoms. The molecule has 6 atom stereocenters. The number of rotatable bonds is 4. The van der Waals surface area contributed by atoms with Gasteiger partial charge in [0.25, 0.3) is 0 Å². The summed E-state index contributed by atoms with van der Waals surface area (Å²) in [5.74, 6) is -3.77. The average molecular weight is 732 g/mol. The molecule has 0 radical (unpaired) electrons. The Morgan fingerprint density at radius 3 is 2.09 bits per heavy atom. The van der Waals surface area contributed by atoms with E-state index in [9.17, 15) is 24.3 Å². The lowest BCUT2D eigenvalue weighted by molar-refractivity contribution is -0.135. The first kappa shape index (κ1) is 29.8. The molecule has 2 fully saturated rings. The number of hydrogen-bond donors (Lipinski definition) is 1. The van der Waals surface area contributed by atoms with E-state index in [0.29, 0.717) is 23.2 Å². The highest BCUT2D eigenvalue weighted by molar-refractivity contribution is 14.1. The highest BCUT2D eigenvalue weighted by atomic mass is 127. The van der Waals surface area contributed by atoms with Gasteiger partial charge in [0.1, 0.15) is 5.75 Å². The van der Waals surface area contributed by atoms with E-state index >= 15 is 0 Å². The van der Waals surface area contributed by atoms with E-state index in [1.165, 1.54) is 11.0 Å². The summed E-state index contributed by atoms with van der Waals surface area (Å²) in [7, 11) is 0. The van der Waals surface area contributed by atoms with Crippen molar-refractivity contribution in [2.24, 2.45) is 23.7 Å². The van der Waals surface area contributed by atoms with Crippen molar-refractivity contribution in [3.8, 4) is 5.75 Å². The van der Waals surface area contributed by atoms with Gasteiger partial charge in [-0.2, -0.15) is 0 Å². The molecule has 1 saturated carbocycles. The molecule has 3 aliphatic carbocycles. The molecule has 4 aromatic carbocycles. The Morgan fingerprint density at radius 1 is 0.745 bits per heavy atom.